The van der Waals surface area contributed by atoms with Crippen LogP contribution in [0.2, 0.25) is 5.02 Å². The van der Waals surface area contributed by atoms with E-state index in [1.54, 1.807) is 12.3 Å². The summed E-state index contributed by atoms with van der Waals surface area (Å²) in [7, 11) is 0. The summed E-state index contributed by atoms with van der Waals surface area (Å²) in [5, 5.41) is 6.19. The highest BCUT2D eigenvalue weighted by Crippen LogP contribution is 2.60. The zero-order valence-electron chi connectivity index (χ0n) is 22.4. The molecule has 1 heterocycles. The molecule has 4 aliphatic rings. The van der Waals surface area contributed by atoms with Crippen LogP contribution in [-0.2, 0) is 16.2 Å². The van der Waals surface area contributed by atoms with Gasteiger partial charge in [0.2, 0.25) is 0 Å². The molecule has 0 radical (unpaired) electrons. The van der Waals surface area contributed by atoms with Crippen LogP contribution in [0.5, 0.6) is 11.5 Å². The van der Waals surface area contributed by atoms with E-state index in [1.807, 2.05) is 67.6 Å². The van der Waals surface area contributed by atoms with E-state index >= 15 is 0 Å². The van der Waals surface area contributed by atoms with Crippen LogP contribution in [0.4, 0.5) is 0 Å². The molecule has 1 aliphatic heterocycles. The van der Waals surface area contributed by atoms with Crippen LogP contribution in [0.15, 0.2) is 96.1 Å². The fourth-order valence-corrected chi connectivity index (χ4v) is 6.76. The lowest BCUT2D eigenvalue weighted by Gasteiger charge is -2.45. The summed E-state index contributed by atoms with van der Waals surface area (Å²) in [4.78, 5) is 27.6. The summed E-state index contributed by atoms with van der Waals surface area (Å²) in [5.74, 6) is -0.584. The highest BCUT2D eigenvalue weighted by atomic mass is 35.5. The van der Waals surface area contributed by atoms with E-state index in [2.05, 4.69) is 29.4 Å². The molecular weight excluding hydrogens is 536 g/mol. The first-order valence-corrected chi connectivity index (χ1v) is 14.2. The molecule has 0 N–H and O–H groups in total. The Hall–Kier alpha value is -4.42. The SMILES string of the molecule is CCOc1cc(/C=N/N2C(=O)C3C4c5ccccc5C(c5ccccc54)C3C2=O)ccc1OCc1ccc(Cl)cc1. The van der Waals surface area contributed by atoms with Gasteiger partial charge in [0.15, 0.2) is 11.5 Å². The van der Waals surface area contributed by atoms with E-state index in [1.165, 1.54) is 0 Å². The number of hydrazone groups is 1. The van der Waals surface area contributed by atoms with Gasteiger partial charge in [-0.3, -0.25) is 9.59 Å². The van der Waals surface area contributed by atoms with Crippen LogP contribution in [0.3, 0.4) is 0 Å². The quantitative estimate of drug-likeness (QED) is 0.189. The average Bonchev–Trinajstić information content (AvgIpc) is 3.26. The highest BCUT2D eigenvalue weighted by molar-refractivity contribution is 6.30. The number of carbonyl (C=O) groups excluding carboxylic acids is 2. The van der Waals surface area contributed by atoms with Crippen LogP contribution in [-0.4, -0.2) is 29.6 Å². The van der Waals surface area contributed by atoms with Crippen molar-refractivity contribution in [3.63, 3.8) is 0 Å². The molecule has 1 saturated heterocycles. The third-order valence-electron chi connectivity index (χ3n) is 8.32. The molecule has 0 spiro atoms. The van der Waals surface area contributed by atoms with E-state index in [-0.39, 0.29) is 23.7 Å². The largest absolute Gasteiger partial charge is 0.490 e. The van der Waals surface area contributed by atoms with Gasteiger partial charge in [-0.15, -0.1) is 0 Å². The van der Waals surface area contributed by atoms with Gasteiger partial charge < -0.3 is 9.47 Å². The third-order valence-corrected chi connectivity index (χ3v) is 8.57. The van der Waals surface area contributed by atoms with Gasteiger partial charge in [-0.1, -0.05) is 72.3 Å². The first-order valence-electron chi connectivity index (χ1n) is 13.8. The van der Waals surface area contributed by atoms with Crippen molar-refractivity contribution in [2.75, 3.05) is 6.61 Å². The number of carbonyl (C=O) groups is 2. The van der Waals surface area contributed by atoms with Gasteiger partial charge in [-0.05, 0) is 70.6 Å². The van der Waals surface area contributed by atoms with Crippen molar-refractivity contribution < 1.29 is 19.1 Å². The Morgan fingerprint density at radius 1 is 0.756 bits per heavy atom. The number of imide groups is 1. The number of ether oxygens (including phenoxy) is 2. The lowest BCUT2D eigenvalue weighted by Crippen LogP contribution is -2.41. The van der Waals surface area contributed by atoms with Crippen molar-refractivity contribution in [3.05, 3.63) is 129 Å². The minimum absolute atomic E-state index is 0.157. The van der Waals surface area contributed by atoms with E-state index in [0.29, 0.717) is 35.3 Å². The number of hydrogen-bond donors (Lipinski definition) is 0. The van der Waals surface area contributed by atoms with Crippen LogP contribution < -0.4 is 9.47 Å². The maximum atomic E-state index is 13.8. The monoisotopic (exact) mass is 562 g/mol. The Balaban J connectivity index is 1.16. The van der Waals surface area contributed by atoms with Crippen molar-refractivity contribution in [2.45, 2.75) is 25.4 Å². The Kier molecular flexibility index (Phi) is 6.36. The normalized spacial score (nSPS) is 22.0. The molecule has 0 aromatic heterocycles. The Morgan fingerprint density at radius 3 is 1.85 bits per heavy atom. The molecule has 2 atom stereocenters. The number of halogens is 1. The molecule has 2 bridgehead atoms. The zero-order chi connectivity index (χ0) is 28.1. The second-order valence-electron chi connectivity index (χ2n) is 10.6. The maximum Gasteiger partial charge on any atom is 0.254 e. The molecule has 2 amide bonds. The molecule has 1 fully saturated rings. The number of amides is 2. The van der Waals surface area contributed by atoms with E-state index in [0.717, 1.165) is 32.8 Å². The van der Waals surface area contributed by atoms with Gasteiger partial charge in [0.1, 0.15) is 6.61 Å². The summed E-state index contributed by atoms with van der Waals surface area (Å²) < 4.78 is 11.8. The standard InChI is InChI=1S/C34H27ClN2O4/c1-2-40-28-17-21(13-16-27(28)41-19-20-11-14-22(35)15-12-20)18-36-37-33(38)31-29-23-7-3-4-8-24(23)30(32(31)34(37)39)26-10-6-5-9-25(26)29/h3-18,29-32H,2,19H2,1H3/b36-18+. The lowest BCUT2D eigenvalue weighted by atomic mass is 9.55. The lowest BCUT2D eigenvalue weighted by molar-refractivity contribution is -0.139. The molecule has 2 unspecified atom stereocenters. The number of nitrogens with zero attached hydrogens (tertiary/aromatic N) is 2. The summed E-state index contributed by atoms with van der Waals surface area (Å²) in [6.07, 6.45) is 1.54. The minimum atomic E-state index is -0.461. The van der Waals surface area contributed by atoms with Crippen LogP contribution in [0.25, 0.3) is 0 Å². The summed E-state index contributed by atoms with van der Waals surface area (Å²) in [6.45, 7) is 2.71. The summed E-state index contributed by atoms with van der Waals surface area (Å²) >= 11 is 5.98. The predicted octanol–water partition coefficient (Wildman–Crippen LogP) is 6.54. The fourth-order valence-electron chi connectivity index (χ4n) is 6.63. The first-order chi connectivity index (χ1) is 20.0. The molecule has 3 aliphatic carbocycles. The number of benzene rings is 4. The van der Waals surface area contributed by atoms with Crippen molar-refractivity contribution in [1.82, 2.24) is 5.01 Å². The minimum Gasteiger partial charge on any atom is -0.490 e. The second kappa shape index (κ2) is 10.2. The van der Waals surface area contributed by atoms with Crippen molar-refractivity contribution >= 4 is 29.6 Å². The second-order valence-corrected chi connectivity index (χ2v) is 11.0. The zero-order valence-corrected chi connectivity index (χ0v) is 23.1. The van der Waals surface area contributed by atoms with Gasteiger partial charge in [0.05, 0.1) is 24.7 Å². The van der Waals surface area contributed by atoms with Crippen LogP contribution >= 0.6 is 11.6 Å². The average molecular weight is 563 g/mol. The number of hydrogen-bond acceptors (Lipinski definition) is 5. The van der Waals surface area contributed by atoms with Gasteiger partial charge in [0.25, 0.3) is 11.8 Å². The molecule has 0 saturated carbocycles. The van der Waals surface area contributed by atoms with Crippen LogP contribution in [0, 0.1) is 11.8 Å². The first kappa shape index (κ1) is 25.5. The molecule has 8 rings (SSSR count). The number of rotatable bonds is 7. The summed E-state index contributed by atoms with van der Waals surface area (Å²) in [5.41, 5.74) is 6.23. The molecule has 41 heavy (non-hydrogen) atoms. The van der Waals surface area contributed by atoms with E-state index in [4.69, 9.17) is 21.1 Å². The van der Waals surface area contributed by atoms with E-state index in [9.17, 15) is 9.59 Å². The van der Waals surface area contributed by atoms with Gasteiger partial charge in [-0.25, -0.2) is 0 Å². The molecule has 4 aromatic carbocycles. The van der Waals surface area contributed by atoms with Gasteiger partial charge in [-0.2, -0.15) is 10.1 Å². The smallest absolute Gasteiger partial charge is 0.254 e. The van der Waals surface area contributed by atoms with Crippen molar-refractivity contribution in [2.24, 2.45) is 16.9 Å². The maximum absolute atomic E-state index is 13.8. The fraction of sp³-hybridized carbons (Fsp3) is 0.206. The Morgan fingerprint density at radius 2 is 1.32 bits per heavy atom. The van der Waals surface area contributed by atoms with Crippen LogP contribution in [0.1, 0.15) is 52.1 Å². The molecular formula is C34H27ClN2O4. The van der Waals surface area contributed by atoms with Gasteiger partial charge in [0, 0.05) is 16.9 Å². The topological polar surface area (TPSA) is 68.2 Å². The van der Waals surface area contributed by atoms with Crippen molar-refractivity contribution in [3.8, 4) is 11.5 Å². The molecule has 6 nitrogen and oxygen atoms in total. The molecule has 7 heteroatoms. The summed E-state index contributed by atoms with van der Waals surface area (Å²) in [6, 6.07) is 29.3. The predicted molar refractivity (Wildman–Crippen MR) is 156 cm³/mol. The van der Waals surface area contributed by atoms with Gasteiger partial charge >= 0.3 is 0 Å². The van der Waals surface area contributed by atoms with E-state index < -0.39 is 11.8 Å². The molecule has 4 aromatic rings. The highest BCUT2D eigenvalue weighted by Gasteiger charge is 2.61. The Bertz CT molecular complexity index is 1580. The third kappa shape index (κ3) is 4.21. The molecule has 204 valence electrons. The Labute approximate surface area is 243 Å². The van der Waals surface area contributed by atoms with Crippen molar-refractivity contribution in [1.29, 1.82) is 0 Å².